The standard InChI is InChI=1S/C14H18N4O2/c1-10(9-17(2)3)16-12-7-8-15-14-11(12)5-4-6-13(14)18(19)20/h4-8,10H,9H2,1-3H3,(H,15,16). The van der Waals surface area contributed by atoms with Crippen molar-refractivity contribution in [3.8, 4) is 0 Å². The van der Waals surface area contributed by atoms with Crippen LogP contribution < -0.4 is 5.32 Å². The van der Waals surface area contributed by atoms with Gasteiger partial charge in [0.25, 0.3) is 5.69 Å². The number of aromatic nitrogens is 1. The van der Waals surface area contributed by atoms with Gasteiger partial charge in [-0.25, -0.2) is 4.98 Å². The summed E-state index contributed by atoms with van der Waals surface area (Å²) in [5.41, 5.74) is 1.32. The average Bonchev–Trinajstić information content (AvgIpc) is 2.37. The minimum Gasteiger partial charge on any atom is -0.381 e. The Kier molecular flexibility index (Phi) is 4.14. The van der Waals surface area contributed by atoms with Gasteiger partial charge in [0.05, 0.1) is 4.92 Å². The van der Waals surface area contributed by atoms with Gasteiger partial charge in [-0.2, -0.15) is 0 Å². The predicted octanol–water partition coefficient (Wildman–Crippen LogP) is 2.51. The summed E-state index contributed by atoms with van der Waals surface area (Å²) >= 11 is 0. The van der Waals surface area contributed by atoms with E-state index in [1.807, 2.05) is 26.2 Å². The molecule has 0 radical (unpaired) electrons. The van der Waals surface area contributed by atoms with Crippen LogP contribution in [0.3, 0.4) is 0 Å². The van der Waals surface area contributed by atoms with Crippen molar-refractivity contribution >= 4 is 22.3 Å². The first kappa shape index (κ1) is 14.2. The second kappa shape index (κ2) is 5.83. The maximum absolute atomic E-state index is 11.0. The van der Waals surface area contributed by atoms with E-state index in [4.69, 9.17) is 0 Å². The molecule has 6 heteroatoms. The Balaban J connectivity index is 2.40. The fraction of sp³-hybridized carbons (Fsp3) is 0.357. The number of rotatable bonds is 5. The molecule has 1 unspecified atom stereocenters. The number of pyridine rings is 1. The normalized spacial score (nSPS) is 12.6. The number of para-hydroxylation sites is 1. The minimum absolute atomic E-state index is 0.0337. The molecule has 0 fully saturated rings. The highest BCUT2D eigenvalue weighted by molar-refractivity contribution is 5.96. The summed E-state index contributed by atoms with van der Waals surface area (Å²) < 4.78 is 0. The molecule has 0 aliphatic carbocycles. The third-order valence-electron chi connectivity index (χ3n) is 2.99. The van der Waals surface area contributed by atoms with E-state index in [-0.39, 0.29) is 11.7 Å². The van der Waals surface area contributed by atoms with Crippen LogP contribution >= 0.6 is 0 Å². The van der Waals surface area contributed by atoms with E-state index in [0.29, 0.717) is 5.52 Å². The Bertz CT molecular complexity index is 628. The van der Waals surface area contributed by atoms with Crippen molar-refractivity contribution in [2.24, 2.45) is 0 Å². The van der Waals surface area contributed by atoms with Gasteiger partial charge >= 0.3 is 0 Å². The van der Waals surface area contributed by atoms with Crippen molar-refractivity contribution in [3.05, 3.63) is 40.6 Å². The van der Waals surface area contributed by atoms with E-state index in [1.54, 1.807) is 12.3 Å². The summed E-state index contributed by atoms with van der Waals surface area (Å²) in [6, 6.07) is 7.08. The molecule has 2 rings (SSSR count). The van der Waals surface area contributed by atoms with Gasteiger partial charge in [0.2, 0.25) is 0 Å². The number of nitrogens with zero attached hydrogens (tertiary/aromatic N) is 3. The van der Waals surface area contributed by atoms with Crippen LogP contribution in [0.2, 0.25) is 0 Å². The van der Waals surface area contributed by atoms with Crippen LogP contribution in [0.25, 0.3) is 10.9 Å². The lowest BCUT2D eigenvalue weighted by molar-refractivity contribution is -0.383. The number of benzene rings is 1. The molecule has 0 amide bonds. The van der Waals surface area contributed by atoms with Gasteiger partial charge in [0.1, 0.15) is 5.52 Å². The van der Waals surface area contributed by atoms with E-state index >= 15 is 0 Å². The largest absolute Gasteiger partial charge is 0.381 e. The Labute approximate surface area is 117 Å². The molecule has 0 bridgehead atoms. The summed E-state index contributed by atoms with van der Waals surface area (Å²) in [4.78, 5) is 16.9. The first-order valence-corrected chi connectivity index (χ1v) is 6.42. The zero-order valence-electron chi connectivity index (χ0n) is 11.8. The zero-order valence-corrected chi connectivity index (χ0v) is 11.8. The highest BCUT2D eigenvalue weighted by Crippen LogP contribution is 2.28. The summed E-state index contributed by atoms with van der Waals surface area (Å²) in [5.74, 6) is 0. The Morgan fingerprint density at radius 3 is 2.80 bits per heavy atom. The lowest BCUT2D eigenvalue weighted by Gasteiger charge is -2.20. The molecule has 0 aliphatic rings. The molecule has 1 aromatic carbocycles. The molecule has 106 valence electrons. The van der Waals surface area contributed by atoms with E-state index in [9.17, 15) is 10.1 Å². The van der Waals surface area contributed by atoms with Crippen molar-refractivity contribution in [2.45, 2.75) is 13.0 Å². The molecular formula is C14H18N4O2. The summed E-state index contributed by atoms with van der Waals surface area (Å²) in [5, 5.41) is 15.2. The Morgan fingerprint density at radius 1 is 1.40 bits per heavy atom. The SMILES string of the molecule is CC(CN(C)C)Nc1ccnc2c([N+](=O)[O-])cccc12. The number of nitrogens with one attached hydrogen (secondary N) is 1. The lowest BCUT2D eigenvalue weighted by atomic mass is 10.1. The smallest absolute Gasteiger partial charge is 0.295 e. The molecular weight excluding hydrogens is 256 g/mol. The number of hydrogen-bond acceptors (Lipinski definition) is 5. The van der Waals surface area contributed by atoms with Crippen LogP contribution in [-0.2, 0) is 0 Å². The molecule has 1 aromatic heterocycles. The first-order valence-electron chi connectivity index (χ1n) is 6.42. The van der Waals surface area contributed by atoms with Gasteiger partial charge in [-0.15, -0.1) is 0 Å². The fourth-order valence-corrected chi connectivity index (χ4v) is 2.29. The number of hydrogen-bond donors (Lipinski definition) is 1. The van der Waals surface area contributed by atoms with E-state index in [1.165, 1.54) is 6.07 Å². The van der Waals surface area contributed by atoms with E-state index < -0.39 is 4.92 Å². The number of likely N-dealkylation sites (N-methyl/N-ethyl adjacent to an activating group) is 1. The fourth-order valence-electron chi connectivity index (χ4n) is 2.29. The number of anilines is 1. The summed E-state index contributed by atoms with van der Waals surface area (Å²) in [6.45, 7) is 2.95. The van der Waals surface area contributed by atoms with E-state index in [2.05, 4.69) is 22.1 Å². The van der Waals surface area contributed by atoms with Crippen LogP contribution in [0.4, 0.5) is 11.4 Å². The second-order valence-corrected chi connectivity index (χ2v) is 5.10. The second-order valence-electron chi connectivity index (χ2n) is 5.10. The van der Waals surface area contributed by atoms with Gasteiger partial charge in [-0.3, -0.25) is 10.1 Å². The average molecular weight is 274 g/mol. The number of nitro benzene ring substituents is 1. The Hall–Kier alpha value is -2.21. The van der Waals surface area contributed by atoms with Gasteiger partial charge in [-0.1, -0.05) is 12.1 Å². The number of nitro groups is 1. The maximum Gasteiger partial charge on any atom is 0.295 e. The highest BCUT2D eigenvalue weighted by atomic mass is 16.6. The van der Waals surface area contributed by atoms with Crippen LogP contribution in [0.5, 0.6) is 0 Å². The number of non-ortho nitro benzene ring substituents is 1. The van der Waals surface area contributed by atoms with Crippen molar-refractivity contribution in [1.82, 2.24) is 9.88 Å². The third kappa shape index (κ3) is 3.03. The Morgan fingerprint density at radius 2 is 2.15 bits per heavy atom. The molecule has 0 saturated heterocycles. The van der Waals surface area contributed by atoms with E-state index in [0.717, 1.165) is 17.6 Å². The quantitative estimate of drug-likeness (QED) is 0.670. The molecule has 0 spiro atoms. The molecule has 1 heterocycles. The first-order chi connectivity index (χ1) is 9.49. The molecule has 0 aliphatic heterocycles. The van der Waals surface area contributed by atoms with Crippen LogP contribution in [-0.4, -0.2) is 41.5 Å². The highest BCUT2D eigenvalue weighted by Gasteiger charge is 2.15. The molecule has 2 aromatic rings. The van der Waals surface area contributed by atoms with Crippen molar-refractivity contribution in [2.75, 3.05) is 26.0 Å². The van der Waals surface area contributed by atoms with Gasteiger partial charge < -0.3 is 10.2 Å². The molecule has 6 nitrogen and oxygen atoms in total. The minimum atomic E-state index is -0.400. The van der Waals surface area contributed by atoms with Crippen LogP contribution in [0, 0.1) is 10.1 Å². The summed E-state index contributed by atoms with van der Waals surface area (Å²) in [6.07, 6.45) is 1.60. The van der Waals surface area contributed by atoms with Crippen molar-refractivity contribution in [1.29, 1.82) is 0 Å². The topological polar surface area (TPSA) is 71.3 Å². The van der Waals surface area contributed by atoms with Crippen molar-refractivity contribution in [3.63, 3.8) is 0 Å². The maximum atomic E-state index is 11.0. The van der Waals surface area contributed by atoms with Gasteiger partial charge in [0.15, 0.2) is 0 Å². The zero-order chi connectivity index (χ0) is 14.7. The number of fused-ring (bicyclic) bond motifs is 1. The summed E-state index contributed by atoms with van der Waals surface area (Å²) in [7, 11) is 4.02. The molecule has 1 N–H and O–H groups in total. The van der Waals surface area contributed by atoms with Crippen LogP contribution in [0.1, 0.15) is 6.92 Å². The lowest BCUT2D eigenvalue weighted by Crippen LogP contribution is -2.29. The van der Waals surface area contributed by atoms with Gasteiger partial charge in [0, 0.05) is 35.9 Å². The monoisotopic (exact) mass is 274 g/mol. The molecule has 1 atom stereocenters. The third-order valence-corrected chi connectivity index (χ3v) is 2.99. The van der Waals surface area contributed by atoms with Crippen LogP contribution in [0.15, 0.2) is 30.5 Å². The van der Waals surface area contributed by atoms with Gasteiger partial charge in [-0.05, 0) is 27.1 Å². The predicted molar refractivity (Wildman–Crippen MR) is 80.0 cm³/mol. The van der Waals surface area contributed by atoms with Crippen molar-refractivity contribution < 1.29 is 4.92 Å². The molecule has 20 heavy (non-hydrogen) atoms. The molecule has 0 saturated carbocycles.